The Morgan fingerprint density at radius 2 is 1.13 bits per heavy atom. The van der Waals surface area contributed by atoms with E-state index in [1.807, 2.05) is 12.2 Å². The lowest BCUT2D eigenvalue weighted by atomic mass is 9.67. The molecule has 0 N–H and O–H groups in total. The number of benzene rings is 8. The Morgan fingerprint density at radius 3 is 1.85 bits per heavy atom. The van der Waals surface area contributed by atoms with Crippen molar-refractivity contribution in [3.05, 3.63) is 263 Å². The summed E-state index contributed by atoms with van der Waals surface area (Å²) < 4.78 is 0. The van der Waals surface area contributed by atoms with Crippen LogP contribution in [-0.4, -0.2) is 6.04 Å². The van der Waals surface area contributed by atoms with Crippen molar-refractivity contribution < 1.29 is 0 Å². The average molecular weight is 782 g/mol. The van der Waals surface area contributed by atoms with Crippen molar-refractivity contribution in [2.75, 3.05) is 4.90 Å². The molecule has 61 heavy (non-hydrogen) atoms. The summed E-state index contributed by atoms with van der Waals surface area (Å²) >= 11 is 0. The molecule has 0 bridgehead atoms. The molecule has 1 atom stereocenters. The van der Waals surface area contributed by atoms with Gasteiger partial charge in [0.25, 0.3) is 0 Å². The summed E-state index contributed by atoms with van der Waals surface area (Å²) in [5.41, 5.74) is 18.9. The van der Waals surface area contributed by atoms with Crippen LogP contribution < -0.4 is 4.90 Å². The summed E-state index contributed by atoms with van der Waals surface area (Å²) in [6, 6.07) is 68.0. The molecule has 0 aromatic heterocycles. The van der Waals surface area contributed by atoms with E-state index < -0.39 is 5.41 Å². The van der Waals surface area contributed by atoms with Crippen LogP contribution >= 0.6 is 0 Å². The van der Waals surface area contributed by atoms with Gasteiger partial charge in [0.1, 0.15) is 0 Å². The van der Waals surface area contributed by atoms with Crippen molar-refractivity contribution >= 4 is 33.8 Å². The van der Waals surface area contributed by atoms with E-state index in [2.05, 4.69) is 232 Å². The van der Waals surface area contributed by atoms with E-state index in [-0.39, 0.29) is 11.5 Å². The van der Waals surface area contributed by atoms with Crippen molar-refractivity contribution in [2.45, 2.75) is 37.1 Å². The second-order valence-corrected chi connectivity index (χ2v) is 17.2. The molecule has 8 aromatic rings. The molecule has 0 heterocycles. The Bertz CT molecular complexity index is 3070. The zero-order valence-corrected chi connectivity index (χ0v) is 34.7. The normalized spacial score (nSPS) is 16.4. The molecule has 0 spiro atoms. The molecule has 0 saturated carbocycles. The van der Waals surface area contributed by atoms with Gasteiger partial charge in [0.2, 0.25) is 0 Å². The molecule has 0 saturated heterocycles. The maximum atomic E-state index is 3.87. The molecule has 0 radical (unpaired) electrons. The first-order valence-electron chi connectivity index (χ1n) is 21.6. The minimum atomic E-state index is -0.484. The van der Waals surface area contributed by atoms with E-state index in [4.69, 9.17) is 0 Å². The first-order chi connectivity index (χ1) is 30.0. The lowest BCUT2D eigenvalue weighted by Gasteiger charge is -2.37. The molecule has 11 rings (SSSR count). The lowest BCUT2D eigenvalue weighted by Crippen LogP contribution is -2.31. The standard InChI is InChI=1S/C60H47N/c1-4-5-17-41-28-29-44-39-48(35-32-43(44)38-41)61(47-33-30-42(31-34-47)50-24-16-25-54-52-23-12-14-26-55(52)59(2,3)58(50)54)49-36-37-53-51-22-13-15-27-56(51)60(57(53)40-49,45-18-8-6-9-19-45)46-20-10-7-11-21-46/h4-33,35-40,47H,1,34H2,2-3H3/b17-5-. The van der Waals surface area contributed by atoms with E-state index >= 15 is 0 Å². The van der Waals surface area contributed by atoms with Gasteiger partial charge in [-0.3, -0.25) is 0 Å². The SMILES string of the molecule is C=C/C=C\c1ccc2cc(N(c3ccc4c(c3)C(c3ccccc3)(c3ccccc3)c3ccccc3-4)C3C=CC(c4cccc5c4C(C)(C)c4ccccc4-5)=CC3)ccc2c1. The molecule has 1 heteroatoms. The summed E-state index contributed by atoms with van der Waals surface area (Å²) in [5, 5.41) is 2.43. The molecule has 0 fully saturated rings. The van der Waals surface area contributed by atoms with Crippen molar-refractivity contribution in [2.24, 2.45) is 0 Å². The Morgan fingerprint density at radius 1 is 0.541 bits per heavy atom. The first kappa shape index (κ1) is 36.8. The zero-order chi connectivity index (χ0) is 41.1. The van der Waals surface area contributed by atoms with E-state index in [0.29, 0.717) is 0 Å². The smallest absolute Gasteiger partial charge is 0.0714 e. The van der Waals surface area contributed by atoms with Crippen molar-refractivity contribution in [3.63, 3.8) is 0 Å². The number of allylic oxidation sites excluding steroid dienone is 4. The third kappa shape index (κ3) is 5.76. The predicted molar refractivity (Wildman–Crippen MR) is 259 cm³/mol. The average Bonchev–Trinajstić information content (AvgIpc) is 3.74. The van der Waals surface area contributed by atoms with Crippen LogP contribution in [0, 0.1) is 0 Å². The van der Waals surface area contributed by atoms with Gasteiger partial charge in [-0.05, 0) is 120 Å². The number of nitrogens with zero attached hydrogens (tertiary/aromatic N) is 1. The minimum absolute atomic E-state index is 0.0848. The summed E-state index contributed by atoms with van der Waals surface area (Å²) in [4.78, 5) is 2.58. The monoisotopic (exact) mass is 781 g/mol. The van der Waals surface area contributed by atoms with Gasteiger partial charge in [0, 0.05) is 16.8 Å². The third-order valence-electron chi connectivity index (χ3n) is 13.6. The molecule has 3 aliphatic carbocycles. The van der Waals surface area contributed by atoms with Gasteiger partial charge in [0.05, 0.1) is 11.5 Å². The maximum Gasteiger partial charge on any atom is 0.0714 e. The Kier molecular flexibility index (Phi) is 8.76. The maximum absolute atomic E-state index is 3.87. The summed E-state index contributed by atoms with van der Waals surface area (Å²) in [6.07, 6.45) is 14.1. The Labute approximate surface area is 360 Å². The number of hydrogen-bond acceptors (Lipinski definition) is 1. The lowest BCUT2D eigenvalue weighted by molar-refractivity contribution is 0.658. The van der Waals surface area contributed by atoms with Gasteiger partial charge in [-0.2, -0.15) is 0 Å². The second kappa shape index (κ2) is 14.5. The van der Waals surface area contributed by atoms with Gasteiger partial charge in [-0.1, -0.05) is 209 Å². The Balaban J connectivity index is 1.07. The molecule has 8 aromatic carbocycles. The summed E-state index contributed by atoms with van der Waals surface area (Å²) in [5.74, 6) is 0. The van der Waals surface area contributed by atoms with E-state index in [1.54, 1.807) is 0 Å². The molecule has 0 amide bonds. The second-order valence-electron chi connectivity index (χ2n) is 17.2. The fraction of sp³-hybridized carbons (Fsp3) is 0.100. The number of anilines is 2. The fourth-order valence-corrected chi connectivity index (χ4v) is 10.9. The number of rotatable bonds is 8. The minimum Gasteiger partial charge on any atom is -0.334 e. The van der Waals surface area contributed by atoms with Gasteiger partial charge >= 0.3 is 0 Å². The van der Waals surface area contributed by atoms with Gasteiger partial charge in [-0.25, -0.2) is 0 Å². The van der Waals surface area contributed by atoms with E-state index in [0.717, 1.165) is 6.42 Å². The first-order valence-corrected chi connectivity index (χ1v) is 21.6. The van der Waals surface area contributed by atoms with E-state index in [9.17, 15) is 0 Å². The predicted octanol–water partition coefficient (Wildman–Crippen LogP) is 15.3. The van der Waals surface area contributed by atoms with Crippen LogP contribution in [0.4, 0.5) is 11.4 Å². The molecular weight excluding hydrogens is 735 g/mol. The third-order valence-corrected chi connectivity index (χ3v) is 13.6. The highest BCUT2D eigenvalue weighted by molar-refractivity contribution is 5.93. The van der Waals surface area contributed by atoms with Crippen LogP contribution in [0.25, 0.3) is 44.7 Å². The molecular formula is C60H47N. The van der Waals surface area contributed by atoms with Crippen LogP contribution in [-0.2, 0) is 10.8 Å². The van der Waals surface area contributed by atoms with Crippen LogP contribution in [0.5, 0.6) is 0 Å². The van der Waals surface area contributed by atoms with E-state index in [1.165, 1.54) is 94.5 Å². The topological polar surface area (TPSA) is 3.24 Å². The van der Waals surface area contributed by atoms with Crippen molar-refractivity contribution in [3.8, 4) is 22.3 Å². The zero-order valence-electron chi connectivity index (χ0n) is 34.7. The van der Waals surface area contributed by atoms with Gasteiger partial charge in [0.15, 0.2) is 0 Å². The Hall–Kier alpha value is -7.22. The highest BCUT2D eigenvalue weighted by Crippen LogP contribution is 2.57. The van der Waals surface area contributed by atoms with Gasteiger partial charge < -0.3 is 4.90 Å². The largest absolute Gasteiger partial charge is 0.334 e. The van der Waals surface area contributed by atoms with Crippen LogP contribution in [0.3, 0.4) is 0 Å². The summed E-state index contributed by atoms with van der Waals surface area (Å²) in [7, 11) is 0. The van der Waals surface area contributed by atoms with Crippen LogP contribution in [0.2, 0.25) is 0 Å². The fourth-order valence-electron chi connectivity index (χ4n) is 10.9. The number of hydrogen-bond donors (Lipinski definition) is 0. The summed E-state index contributed by atoms with van der Waals surface area (Å²) in [6.45, 7) is 8.64. The molecule has 0 aliphatic heterocycles. The molecule has 3 aliphatic rings. The van der Waals surface area contributed by atoms with Crippen molar-refractivity contribution in [1.29, 1.82) is 0 Å². The quantitative estimate of drug-likeness (QED) is 0.139. The van der Waals surface area contributed by atoms with Crippen molar-refractivity contribution in [1.82, 2.24) is 0 Å². The van der Waals surface area contributed by atoms with Gasteiger partial charge in [-0.15, -0.1) is 0 Å². The number of fused-ring (bicyclic) bond motifs is 7. The highest BCUT2D eigenvalue weighted by Gasteiger charge is 2.46. The molecule has 292 valence electrons. The van der Waals surface area contributed by atoms with Crippen LogP contribution in [0.1, 0.15) is 64.8 Å². The van der Waals surface area contributed by atoms with Crippen LogP contribution in [0.15, 0.2) is 219 Å². The molecule has 1 unspecified atom stereocenters. The highest BCUT2D eigenvalue weighted by atomic mass is 15.2. The molecule has 1 nitrogen and oxygen atoms in total.